The molecule has 0 amide bonds. The lowest BCUT2D eigenvalue weighted by atomic mass is 9.52. The maximum absolute atomic E-state index is 3.86. The number of hydrogen-bond acceptors (Lipinski definition) is 0. The lowest BCUT2D eigenvalue weighted by Crippen LogP contribution is -2.24. The Kier molecular flexibility index (Phi) is 7.43. The van der Waals surface area contributed by atoms with Crippen molar-refractivity contribution in [3.05, 3.63) is 84.5 Å². The summed E-state index contributed by atoms with van der Waals surface area (Å²) in [4.78, 5) is 0. The first-order valence-electron chi connectivity index (χ1n) is 8.12. The van der Waals surface area contributed by atoms with Crippen molar-refractivity contribution >= 4 is 7.28 Å². The van der Waals surface area contributed by atoms with E-state index in [0.717, 1.165) is 12.9 Å². The van der Waals surface area contributed by atoms with Crippen molar-refractivity contribution in [1.29, 1.82) is 0 Å². The molecule has 1 aromatic rings. The van der Waals surface area contributed by atoms with E-state index in [2.05, 4.69) is 82.9 Å². The van der Waals surface area contributed by atoms with Gasteiger partial charge in [-0.05, 0) is 28.4 Å². The van der Waals surface area contributed by atoms with Gasteiger partial charge in [0, 0.05) is 5.57 Å². The Morgan fingerprint density at radius 1 is 1.09 bits per heavy atom. The standard InChI is InChI=1S/C22H27B/c1-7-19(14-15-20(8-2)18(3)4)16-17-23-22(5,6)21-12-10-9-11-13-21/h7-15,18,23H,1-2H2,3-6H3/b19-14+,20-15+. The van der Waals surface area contributed by atoms with Crippen molar-refractivity contribution in [3.63, 3.8) is 0 Å². The van der Waals surface area contributed by atoms with E-state index in [4.69, 9.17) is 0 Å². The quantitative estimate of drug-likeness (QED) is 0.385. The zero-order valence-electron chi connectivity index (χ0n) is 14.9. The van der Waals surface area contributed by atoms with E-state index in [1.807, 2.05) is 18.2 Å². The molecule has 0 aliphatic carbocycles. The molecule has 23 heavy (non-hydrogen) atoms. The summed E-state index contributed by atoms with van der Waals surface area (Å²) in [5, 5.41) is 0.0423. The van der Waals surface area contributed by atoms with Crippen LogP contribution >= 0.6 is 0 Å². The van der Waals surface area contributed by atoms with Crippen LogP contribution in [0.3, 0.4) is 0 Å². The molecule has 1 rings (SSSR count). The van der Waals surface area contributed by atoms with Gasteiger partial charge in [0.05, 0.1) is 0 Å². The first-order chi connectivity index (χ1) is 10.9. The van der Waals surface area contributed by atoms with Gasteiger partial charge >= 0.3 is 0 Å². The van der Waals surface area contributed by atoms with Gasteiger partial charge in [-0.3, -0.25) is 0 Å². The third-order valence-electron chi connectivity index (χ3n) is 3.90. The van der Waals surface area contributed by atoms with Crippen LogP contribution in [0.1, 0.15) is 33.3 Å². The molecule has 0 aliphatic rings. The monoisotopic (exact) mass is 302 g/mol. The number of benzene rings is 1. The van der Waals surface area contributed by atoms with Gasteiger partial charge in [-0.2, -0.15) is 5.82 Å². The summed E-state index contributed by atoms with van der Waals surface area (Å²) < 4.78 is 0. The molecule has 1 heteroatoms. The van der Waals surface area contributed by atoms with E-state index >= 15 is 0 Å². The van der Waals surface area contributed by atoms with Crippen LogP contribution in [0.25, 0.3) is 0 Å². The SMILES string of the molecule is C=C/C(=C\C=C(\C#CBC(C)(C)c1ccccc1)C=C)C(C)C. The minimum atomic E-state index is 0.0423. The Balaban J connectivity index is 2.87. The Morgan fingerprint density at radius 2 is 1.74 bits per heavy atom. The molecule has 118 valence electrons. The predicted molar refractivity (Wildman–Crippen MR) is 106 cm³/mol. The summed E-state index contributed by atoms with van der Waals surface area (Å²) in [6, 6.07) is 10.5. The zero-order valence-corrected chi connectivity index (χ0v) is 14.9. The maximum Gasteiger partial charge on any atom is 0.224 e. The van der Waals surface area contributed by atoms with E-state index in [-0.39, 0.29) is 5.31 Å². The minimum Gasteiger partial charge on any atom is -0.154 e. The van der Waals surface area contributed by atoms with Gasteiger partial charge in [0.1, 0.15) is 0 Å². The van der Waals surface area contributed by atoms with E-state index < -0.39 is 0 Å². The Hall–Kier alpha value is -2.20. The summed E-state index contributed by atoms with van der Waals surface area (Å²) in [6.07, 6.45) is 7.80. The molecule has 0 nitrogen and oxygen atoms in total. The fraction of sp³-hybridized carbons (Fsp3) is 0.273. The van der Waals surface area contributed by atoms with Gasteiger partial charge in [-0.1, -0.05) is 95.3 Å². The van der Waals surface area contributed by atoms with Crippen LogP contribution < -0.4 is 0 Å². The van der Waals surface area contributed by atoms with Crippen molar-refractivity contribution in [2.24, 2.45) is 5.92 Å². The fourth-order valence-corrected chi connectivity index (χ4v) is 2.20. The van der Waals surface area contributed by atoms with Crippen LogP contribution in [0.2, 0.25) is 0 Å². The van der Waals surface area contributed by atoms with Crippen LogP contribution in [0.5, 0.6) is 0 Å². The Morgan fingerprint density at radius 3 is 2.26 bits per heavy atom. The fourth-order valence-electron chi connectivity index (χ4n) is 2.20. The van der Waals surface area contributed by atoms with Gasteiger partial charge in [0.2, 0.25) is 7.28 Å². The lowest BCUT2D eigenvalue weighted by molar-refractivity contribution is 0.757. The largest absolute Gasteiger partial charge is 0.224 e. The minimum absolute atomic E-state index is 0.0423. The molecule has 0 radical (unpaired) electrons. The van der Waals surface area contributed by atoms with Crippen molar-refractivity contribution in [2.75, 3.05) is 0 Å². The first-order valence-corrected chi connectivity index (χ1v) is 8.12. The Bertz CT molecular complexity index is 646. The molecule has 0 saturated carbocycles. The normalized spacial score (nSPS) is 12.4. The smallest absolute Gasteiger partial charge is 0.154 e. The second-order valence-corrected chi connectivity index (χ2v) is 6.58. The lowest BCUT2D eigenvalue weighted by Gasteiger charge is -2.21. The van der Waals surface area contributed by atoms with E-state index in [1.54, 1.807) is 6.08 Å². The molecule has 0 spiro atoms. The van der Waals surface area contributed by atoms with Gasteiger partial charge in [-0.25, -0.2) is 0 Å². The van der Waals surface area contributed by atoms with Crippen LogP contribution in [0.4, 0.5) is 0 Å². The predicted octanol–water partition coefficient (Wildman–Crippen LogP) is 5.20. The average Bonchev–Trinajstić information content (AvgIpc) is 2.54. The summed E-state index contributed by atoms with van der Waals surface area (Å²) in [6.45, 7) is 16.5. The molecule has 0 N–H and O–H groups in total. The molecule has 1 aromatic carbocycles. The second-order valence-electron chi connectivity index (χ2n) is 6.58. The molecular weight excluding hydrogens is 275 g/mol. The molecule has 0 atom stereocenters. The van der Waals surface area contributed by atoms with E-state index in [9.17, 15) is 0 Å². The highest BCUT2D eigenvalue weighted by molar-refractivity contribution is 6.49. The molecule has 0 unspecified atom stereocenters. The summed E-state index contributed by atoms with van der Waals surface area (Å²) >= 11 is 0. The molecule has 0 saturated heterocycles. The van der Waals surface area contributed by atoms with Crippen molar-refractivity contribution in [3.8, 4) is 11.7 Å². The maximum atomic E-state index is 3.86. The molecule has 0 fully saturated rings. The molecule has 0 aromatic heterocycles. The summed E-state index contributed by atoms with van der Waals surface area (Å²) in [7, 11) is 0.810. The van der Waals surface area contributed by atoms with Crippen molar-refractivity contribution < 1.29 is 0 Å². The molecule has 0 bridgehead atoms. The van der Waals surface area contributed by atoms with Crippen LogP contribution in [0.15, 0.2) is 78.9 Å². The highest BCUT2D eigenvalue weighted by atomic mass is 14.1. The van der Waals surface area contributed by atoms with Gasteiger partial charge in [-0.15, -0.1) is 0 Å². The van der Waals surface area contributed by atoms with Gasteiger partial charge in [0.25, 0.3) is 0 Å². The molecule has 0 heterocycles. The van der Waals surface area contributed by atoms with E-state index in [0.29, 0.717) is 5.92 Å². The topological polar surface area (TPSA) is 0 Å². The van der Waals surface area contributed by atoms with Crippen LogP contribution in [0, 0.1) is 17.7 Å². The first kappa shape index (κ1) is 18.9. The highest BCUT2D eigenvalue weighted by Crippen LogP contribution is 2.20. The Labute approximate surface area is 142 Å². The zero-order chi connectivity index (χ0) is 17.3. The number of rotatable bonds is 6. The van der Waals surface area contributed by atoms with Crippen molar-refractivity contribution in [2.45, 2.75) is 33.0 Å². The van der Waals surface area contributed by atoms with Gasteiger partial charge in [0.15, 0.2) is 0 Å². The van der Waals surface area contributed by atoms with Gasteiger partial charge < -0.3 is 0 Å². The summed E-state index contributed by atoms with van der Waals surface area (Å²) in [5.74, 6) is 6.99. The molecule has 0 aliphatic heterocycles. The van der Waals surface area contributed by atoms with Crippen LogP contribution in [-0.4, -0.2) is 7.28 Å². The second kappa shape index (κ2) is 9.06. The average molecular weight is 302 g/mol. The molecular formula is C22H27B. The van der Waals surface area contributed by atoms with E-state index in [1.165, 1.54) is 11.1 Å². The van der Waals surface area contributed by atoms with Crippen molar-refractivity contribution in [1.82, 2.24) is 0 Å². The van der Waals surface area contributed by atoms with Crippen LogP contribution in [-0.2, 0) is 5.31 Å². The summed E-state index contributed by atoms with van der Waals surface area (Å²) in [5.41, 5.74) is 3.46. The number of hydrogen-bond donors (Lipinski definition) is 0. The third kappa shape index (κ3) is 6.21. The number of allylic oxidation sites excluding steroid dienone is 6. The highest BCUT2D eigenvalue weighted by Gasteiger charge is 2.20. The third-order valence-corrected chi connectivity index (χ3v) is 3.90.